The topological polar surface area (TPSA) is 58.2 Å². The van der Waals surface area contributed by atoms with Crippen molar-refractivity contribution in [1.29, 1.82) is 0 Å². The second kappa shape index (κ2) is 6.76. The summed E-state index contributed by atoms with van der Waals surface area (Å²) < 4.78 is 0. The minimum absolute atomic E-state index is 0.0357. The highest BCUT2D eigenvalue weighted by atomic mass is 16.2. The van der Waals surface area contributed by atoms with Gasteiger partial charge in [-0.05, 0) is 40.5 Å². The summed E-state index contributed by atoms with van der Waals surface area (Å²) in [5.74, 6) is -0.234. The first-order valence-corrected chi connectivity index (χ1v) is 7.02. The molecule has 0 unspecified atom stereocenters. The zero-order valence-corrected chi connectivity index (χ0v) is 12.0. The van der Waals surface area contributed by atoms with Crippen molar-refractivity contribution in [3.05, 3.63) is 0 Å². The Morgan fingerprint density at radius 3 is 1.44 bits per heavy atom. The molecule has 0 aliphatic heterocycles. The first-order valence-electron chi connectivity index (χ1n) is 7.02. The lowest BCUT2D eigenvalue weighted by atomic mass is 9.78. The van der Waals surface area contributed by atoms with E-state index in [2.05, 4.69) is 10.6 Å². The van der Waals surface area contributed by atoms with Crippen LogP contribution in [0.15, 0.2) is 0 Å². The molecule has 1 aliphatic carbocycles. The number of hydrogen-bond acceptors (Lipinski definition) is 2. The lowest BCUT2D eigenvalue weighted by molar-refractivity contribution is -0.137. The van der Waals surface area contributed by atoms with Crippen LogP contribution in [0, 0.1) is 11.8 Å². The van der Waals surface area contributed by atoms with E-state index in [1.165, 1.54) is 0 Å². The fourth-order valence-corrected chi connectivity index (χ4v) is 2.54. The lowest BCUT2D eigenvalue weighted by Crippen LogP contribution is -2.46. The van der Waals surface area contributed by atoms with Crippen LogP contribution in [0.1, 0.15) is 53.4 Å². The summed E-state index contributed by atoms with van der Waals surface area (Å²) in [4.78, 5) is 24.2. The van der Waals surface area contributed by atoms with Crippen LogP contribution in [0.2, 0.25) is 0 Å². The molecule has 1 rings (SSSR count). The molecule has 4 heteroatoms. The maximum Gasteiger partial charge on any atom is 0.224 e. The smallest absolute Gasteiger partial charge is 0.224 e. The van der Waals surface area contributed by atoms with Crippen LogP contribution < -0.4 is 10.6 Å². The average molecular weight is 254 g/mol. The third-order valence-corrected chi connectivity index (χ3v) is 3.30. The van der Waals surface area contributed by atoms with E-state index in [4.69, 9.17) is 0 Å². The van der Waals surface area contributed by atoms with Gasteiger partial charge in [-0.2, -0.15) is 0 Å². The van der Waals surface area contributed by atoms with Crippen molar-refractivity contribution in [3.63, 3.8) is 0 Å². The van der Waals surface area contributed by atoms with E-state index >= 15 is 0 Å². The first-order chi connectivity index (χ1) is 8.41. The number of nitrogens with one attached hydrogen (secondary N) is 2. The summed E-state index contributed by atoms with van der Waals surface area (Å²) in [6, 6.07) is 0.265. The Bertz CT molecular complexity index is 270. The van der Waals surface area contributed by atoms with E-state index in [1.807, 2.05) is 27.7 Å². The predicted molar refractivity (Wildman–Crippen MR) is 72.0 cm³/mol. The molecule has 104 valence electrons. The van der Waals surface area contributed by atoms with E-state index in [1.54, 1.807) is 0 Å². The molecule has 2 amide bonds. The molecule has 1 saturated carbocycles. The first kappa shape index (κ1) is 15.0. The standard InChI is InChI=1S/C14H26N2O2/c1-9(2)15-13(17)11-7-5-6-8-12(11)14(18)16-10(3)4/h9-12H,5-8H2,1-4H3,(H,15,17)(H,16,18)/t11-,12+. The molecular formula is C14H26N2O2. The van der Waals surface area contributed by atoms with Crippen LogP contribution in [0.5, 0.6) is 0 Å². The van der Waals surface area contributed by atoms with Gasteiger partial charge in [-0.15, -0.1) is 0 Å². The van der Waals surface area contributed by atoms with Crippen LogP contribution in [-0.4, -0.2) is 23.9 Å². The third kappa shape index (κ3) is 4.31. The van der Waals surface area contributed by atoms with Crippen LogP contribution in [0.25, 0.3) is 0 Å². The lowest BCUT2D eigenvalue weighted by Gasteiger charge is -2.30. The molecule has 0 bridgehead atoms. The minimum Gasteiger partial charge on any atom is -0.354 e. The Hall–Kier alpha value is -1.06. The average Bonchev–Trinajstić information content (AvgIpc) is 2.27. The third-order valence-electron chi connectivity index (χ3n) is 3.30. The van der Waals surface area contributed by atoms with Crippen molar-refractivity contribution in [2.45, 2.75) is 65.5 Å². The van der Waals surface area contributed by atoms with Gasteiger partial charge in [0, 0.05) is 23.9 Å². The van der Waals surface area contributed by atoms with Gasteiger partial charge in [0.25, 0.3) is 0 Å². The summed E-state index contributed by atoms with van der Waals surface area (Å²) in [6.07, 6.45) is 3.74. The van der Waals surface area contributed by atoms with Gasteiger partial charge < -0.3 is 10.6 Å². The van der Waals surface area contributed by atoms with Crippen molar-refractivity contribution < 1.29 is 9.59 Å². The van der Waals surface area contributed by atoms with Crippen molar-refractivity contribution in [1.82, 2.24) is 10.6 Å². The van der Waals surface area contributed by atoms with Crippen LogP contribution in [0.4, 0.5) is 0 Å². The Morgan fingerprint density at radius 1 is 0.833 bits per heavy atom. The highest BCUT2D eigenvalue weighted by Gasteiger charge is 2.35. The molecule has 18 heavy (non-hydrogen) atoms. The molecule has 0 aromatic heterocycles. The van der Waals surface area contributed by atoms with Crippen LogP contribution >= 0.6 is 0 Å². The normalized spacial score (nSPS) is 24.1. The Labute approximate surface area is 110 Å². The second-order valence-electron chi connectivity index (χ2n) is 5.82. The molecule has 0 aromatic carbocycles. The zero-order valence-electron chi connectivity index (χ0n) is 12.0. The van der Waals surface area contributed by atoms with Gasteiger partial charge in [-0.3, -0.25) is 9.59 Å². The number of carbonyl (C=O) groups is 2. The monoisotopic (exact) mass is 254 g/mol. The van der Waals surface area contributed by atoms with Crippen LogP contribution in [-0.2, 0) is 9.59 Å². The number of carbonyl (C=O) groups excluding carboxylic acids is 2. The largest absolute Gasteiger partial charge is 0.354 e. The summed E-state index contributed by atoms with van der Waals surface area (Å²) in [7, 11) is 0. The summed E-state index contributed by atoms with van der Waals surface area (Å²) in [5, 5.41) is 5.86. The maximum absolute atomic E-state index is 12.1. The molecule has 0 radical (unpaired) electrons. The molecule has 1 aliphatic rings. The summed E-state index contributed by atoms with van der Waals surface area (Å²) in [5.41, 5.74) is 0. The second-order valence-corrected chi connectivity index (χ2v) is 5.82. The minimum atomic E-state index is -0.153. The SMILES string of the molecule is CC(C)NC(=O)[C@H]1CCCC[C@H]1C(=O)NC(C)C. The van der Waals surface area contributed by atoms with Gasteiger partial charge in [0.2, 0.25) is 11.8 Å². The predicted octanol–water partition coefficient (Wildman–Crippen LogP) is 1.84. The Kier molecular flexibility index (Phi) is 5.63. The number of amides is 2. The van der Waals surface area contributed by atoms with Gasteiger partial charge in [-0.25, -0.2) is 0 Å². The van der Waals surface area contributed by atoms with Crippen molar-refractivity contribution in [2.75, 3.05) is 0 Å². The van der Waals surface area contributed by atoms with Gasteiger partial charge in [0.15, 0.2) is 0 Å². The van der Waals surface area contributed by atoms with Crippen molar-refractivity contribution >= 4 is 11.8 Å². The van der Waals surface area contributed by atoms with E-state index in [0.29, 0.717) is 0 Å². The fourth-order valence-electron chi connectivity index (χ4n) is 2.54. The summed E-state index contributed by atoms with van der Waals surface area (Å²) >= 11 is 0. The fraction of sp³-hybridized carbons (Fsp3) is 0.857. The molecule has 2 atom stereocenters. The highest BCUT2D eigenvalue weighted by Crippen LogP contribution is 2.30. The molecule has 2 N–H and O–H groups in total. The van der Waals surface area contributed by atoms with Gasteiger partial charge in [0.1, 0.15) is 0 Å². The molecular weight excluding hydrogens is 228 g/mol. The summed E-state index contributed by atoms with van der Waals surface area (Å²) in [6.45, 7) is 7.79. The zero-order chi connectivity index (χ0) is 13.7. The van der Waals surface area contributed by atoms with Gasteiger partial charge in [-0.1, -0.05) is 12.8 Å². The molecule has 0 heterocycles. The Balaban J connectivity index is 2.67. The molecule has 1 fully saturated rings. The van der Waals surface area contributed by atoms with Gasteiger partial charge >= 0.3 is 0 Å². The molecule has 0 aromatic rings. The number of rotatable bonds is 4. The van der Waals surface area contributed by atoms with Gasteiger partial charge in [0.05, 0.1) is 0 Å². The highest BCUT2D eigenvalue weighted by molar-refractivity contribution is 5.88. The van der Waals surface area contributed by atoms with E-state index in [-0.39, 0.29) is 35.7 Å². The quantitative estimate of drug-likeness (QED) is 0.804. The number of hydrogen-bond donors (Lipinski definition) is 2. The molecule has 4 nitrogen and oxygen atoms in total. The van der Waals surface area contributed by atoms with E-state index in [9.17, 15) is 9.59 Å². The maximum atomic E-state index is 12.1. The van der Waals surface area contributed by atoms with Crippen molar-refractivity contribution in [3.8, 4) is 0 Å². The molecule has 0 spiro atoms. The van der Waals surface area contributed by atoms with E-state index < -0.39 is 0 Å². The van der Waals surface area contributed by atoms with E-state index in [0.717, 1.165) is 25.7 Å². The molecule has 0 saturated heterocycles. The van der Waals surface area contributed by atoms with Crippen LogP contribution in [0.3, 0.4) is 0 Å². The van der Waals surface area contributed by atoms with Crippen molar-refractivity contribution in [2.24, 2.45) is 11.8 Å². The Morgan fingerprint density at radius 2 is 1.17 bits per heavy atom.